The Morgan fingerprint density at radius 3 is 1.30 bits per heavy atom. The molecule has 0 aromatic carbocycles. The average Bonchev–Trinajstić information content (AvgIpc) is 2.39. The second-order valence-electron chi connectivity index (χ2n) is 3.62. The van der Waals surface area contributed by atoms with Gasteiger partial charge in [0.1, 0.15) is 0 Å². The Morgan fingerprint density at radius 1 is 0.700 bits per heavy atom. The number of halogens is 4. The van der Waals surface area contributed by atoms with Crippen molar-refractivity contribution in [3.63, 3.8) is 0 Å². The molecular formula is C12H18Cl4N4. The molecule has 0 aliphatic rings. The molecule has 0 saturated carbocycles. The molecule has 0 fully saturated rings. The first-order chi connectivity index (χ1) is 7.79. The third-order valence-corrected chi connectivity index (χ3v) is 2.53. The molecule has 4 N–H and O–H groups in total. The number of aromatic nitrogens is 2. The zero-order chi connectivity index (χ0) is 11.4. The minimum Gasteiger partial charge on any atom is -0.322 e. The molecule has 0 aliphatic carbocycles. The van der Waals surface area contributed by atoms with Crippen LogP contribution in [0, 0.1) is 0 Å². The van der Waals surface area contributed by atoms with E-state index in [4.69, 9.17) is 11.5 Å². The monoisotopic (exact) mass is 358 g/mol. The van der Waals surface area contributed by atoms with Crippen LogP contribution in [-0.4, -0.2) is 9.97 Å². The van der Waals surface area contributed by atoms with Crippen LogP contribution in [0.4, 0.5) is 0 Å². The fourth-order valence-corrected chi connectivity index (χ4v) is 1.56. The molecule has 20 heavy (non-hydrogen) atoms. The van der Waals surface area contributed by atoms with Crippen LogP contribution >= 0.6 is 49.6 Å². The molecule has 2 heterocycles. The van der Waals surface area contributed by atoms with Crippen molar-refractivity contribution < 1.29 is 0 Å². The van der Waals surface area contributed by atoms with Gasteiger partial charge in [-0.05, 0) is 23.3 Å². The van der Waals surface area contributed by atoms with Gasteiger partial charge in [0.2, 0.25) is 0 Å². The lowest BCUT2D eigenvalue weighted by atomic mass is 9.97. The molecule has 2 atom stereocenters. The second-order valence-corrected chi connectivity index (χ2v) is 3.62. The van der Waals surface area contributed by atoms with E-state index in [2.05, 4.69) is 9.97 Å². The zero-order valence-corrected chi connectivity index (χ0v) is 13.7. The van der Waals surface area contributed by atoms with Gasteiger partial charge >= 0.3 is 0 Å². The van der Waals surface area contributed by atoms with Crippen molar-refractivity contribution in [2.45, 2.75) is 12.1 Å². The number of rotatable bonds is 3. The summed E-state index contributed by atoms with van der Waals surface area (Å²) >= 11 is 0. The van der Waals surface area contributed by atoms with E-state index in [1.165, 1.54) is 0 Å². The smallest absolute Gasteiger partial charge is 0.0507 e. The maximum Gasteiger partial charge on any atom is 0.0507 e. The van der Waals surface area contributed by atoms with E-state index in [1.54, 1.807) is 24.8 Å². The standard InChI is InChI=1S/C12H14N4.4ClH/c13-11(9-3-1-5-15-7-9)12(14)10-4-2-6-16-8-10;;;;/h1-8,11-12H,13-14H2;4*1H/t11-,12-;;;;/m0..../s1. The van der Waals surface area contributed by atoms with E-state index >= 15 is 0 Å². The van der Waals surface area contributed by atoms with Crippen molar-refractivity contribution in [2.75, 3.05) is 0 Å². The van der Waals surface area contributed by atoms with Crippen molar-refractivity contribution in [3.8, 4) is 0 Å². The van der Waals surface area contributed by atoms with Crippen LogP contribution in [0.15, 0.2) is 49.1 Å². The quantitative estimate of drug-likeness (QED) is 0.883. The Kier molecular flexibility index (Phi) is 14.8. The molecule has 2 rings (SSSR count). The maximum absolute atomic E-state index is 6.08. The highest BCUT2D eigenvalue weighted by atomic mass is 35.5. The number of nitrogens with two attached hydrogens (primary N) is 2. The molecule has 0 bridgehead atoms. The first kappa shape index (κ1) is 24.4. The van der Waals surface area contributed by atoms with Crippen LogP contribution in [0.1, 0.15) is 23.2 Å². The van der Waals surface area contributed by atoms with Crippen LogP contribution in [0.25, 0.3) is 0 Å². The third kappa shape index (κ3) is 6.22. The summed E-state index contributed by atoms with van der Waals surface area (Å²) in [6, 6.07) is 7.02. The highest BCUT2D eigenvalue weighted by molar-refractivity contribution is 5.86. The van der Waals surface area contributed by atoms with Crippen LogP contribution in [-0.2, 0) is 0 Å². The van der Waals surface area contributed by atoms with E-state index in [-0.39, 0.29) is 61.7 Å². The summed E-state index contributed by atoms with van der Waals surface area (Å²) in [6.45, 7) is 0. The van der Waals surface area contributed by atoms with Gasteiger partial charge in [-0.25, -0.2) is 0 Å². The SMILES string of the molecule is Cl.Cl.Cl.Cl.N[C@@H](c1cccnc1)[C@@H](N)c1cccnc1. The highest BCUT2D eigenvalue weighted by Crippen LogP contribution is 2.22. The number of pyridine rings is 2. The van der Waals surface area contributed by atoms with Crippen LogP contribution < -0.4 is 11.5 Å². The molecule has 0 unspecified atom stereocenters. The van der Waals surface area contributed by atoms with Crippen molar-refractivity contribution in [1.82, 2.24) is 9.97 Å². The average molecular weight is 360 g/mol. The van der Waals surface area contributed by atoms with Gasteiger partial charge in [0, 0.05) is 24.8 Å². The summed E-state index contributed by atoms with van der Waals surface area (Å²) in [7, 11) is 0. The normalized spacial score (nSPS) is 11.5. The Hall–Kier alpha value is -0.620. The number of nitrogens with zero attached hydrogens (tertiary/aromatic N) is 2. The second kappa shape index (κ2) is 12.1. The fourth-order valence-electron chi connectivity index (χ4n) is 1.56. The Labute approximate surface area is 143 Å². The summed E-state index contributed by atoms with van der Waals surface area (Å²) in [5.41, 5.74) is 14.0. The Morgan fingerprint density at radius 2 is 1.05 bits per heavy atom. The van der Waals surface area contributed by atoms with Gasteiger partial charge in [-0.3, -0.25) is 9.97 Å². The van der Waals surface area contributed by atoms with E-state index in [1.807, 2.05) is 24.3 Å². The van der Waals surface area contributed by atoms with Crippen LogP contribution in [0.5, 0.6) is 0 Å². The molecule has 0 spiro atoms. The van der Waals surface area contributed by atoms with Crippen molar-refractivity contribution >= 4 is 49.6 Å². The molecule has 2 aromatic heterocycles. The Bertz CT molecular complexity index is 400. The van der Waals surface area contributed by atoms with Gasteiger partial charge < -0.3 is 11.5 Å². The van der Waals surface area contributed by atoms with Gasteiger partial charge in [0.05, 0.1) is 12.1 Å². The lowest BCUT2D eigenvalue weighted by Crippen LogP contribution is -2.26. The van der Waals surface area contributed by atoms with E-state index < -0.39 is 0 Å². The lowest BCUT2D eigenvalue weighted by Gasteiger charge is -2.19. The molecule has 0 saturated heterocycles. The van der Waals surface area contributed by atoms with Gasteiger partial charge in [0.25, 0.3) is 0 Å². The van der Waals surface area contributed by atoms with Crippen molar-refractivity contribution in [3.05, 3.63) is 60.2 Å². The van der Waals surface area contributed by atoms with Crippen molar-refractivity contribution in [1.29, 1.82) is 0 Å². The van der Waals surface area contributed by atoms with E-state index in [0.717, 1.165) is 11.1 Å². The molecule has 114 valence electrons. The molecule has 4 nitrogen and oxygen atoms in total. The summed E-state index contributed by atoms with van der Waals surface area (Å²) in [6.07, 6.45) is 6.90. The van der Waals surface area contributed by atoms with Gasteiger partial charge in [-0.2, -0.15) is 0 Å². The largest absolute Gasteiger partial charge is 0.322 e. The molecule has 8 heteroatoms. The summed E-state index contributed by atoms with van der Waals surface area (Å²) < 4.78 is 0. The van der Waals surface area contributed by atoms with Crippen LogP contribution in [0.3, 0.4) is 0 Å². The predicted molar refractivity (Wildman–Crippen MR) is 91.3 cm³/mol. The van der Waals surface area contributed by atoms with Gasteiger partial charge in [-0.1, -0.05) is 12.1 Å². The predicted octanol–water partition coefficient (Wildman–Crippen LogP) is 2.86. The summed E-state index contributed by atoms with van der Waals surface area (Å²) in [4.78, 5) is 8.06. The lowest BCUT2D eigenvalue weighted by molar-refractivity contribution is 0.571. The number of hydrogen-bond acceptors (Lipinski definition) is 4. The van der Waals surface area contributed by atoms with Gasteiger partial charge in [0.15, 0.2) is 0 Å². The maximum atomic E-state index is 6.08. The Balaban J connectivity index is -0.000000722. The molecule has 0 aliphatic heterocycles. The molecule has 0 radical (unpaired) electrons. The molecule has 0 amide bonds. The number of hydrogen-bond donors (Lipinski definition) is 2. The fraction of sp³-hybridized carbons (Fsp3) is 0.167. The first-order valence-electron chi connectivity index (χ1n) is 5.10. The molecular weight excluding hydrogens is 342 g/mol. The zero-order valence-electron chi connectivity index (χ0n) is 10.5. The summed E-state index contributed by atoms with van der Waals surface area (Å²) in [5, 5.41) is 0. The third-order valence-electron chi connectivity index (χ3n) is 2.53. The molecule has 2 aromatic rings. The van der Waals surface area contributed by atoms with Gasteiger partial charge in [-0.15, -0.1) is 49.6 Å². The topological polar surface area (TPSA) is 77.8 Å². The van der Waals surface area contributed by atoms with E-state index in [9.17, 15) is 0 Å². The minimum atomic E-state index is -0.266. The highest BCUT2D eigenvalue weighted by Gasteiger charge is 2.17. The van der Waals surface area contributed by atoms with Crippen LogP contribution in [0.2, 0.25) is 0 Å². The minimum absolute atomic E-state index is 0. The van der Waals surface area contributed by atoms with Crippen molar-refractivity contribution in [2.24, 2.45) is 11.5 Å². The first-order valence-corrected chi connectivity index (χ1v) is 5.10. The summed E-state index contributed by atoms with van der Waals surface area (Å²) in [5.74, 6) is 0. The van der Waals surface area contributed by atoms with E-state index in [0.29, 0.717) is 0 Å².